The van der Waals surface area contributed by atoms with Crippen molar-refractivity contribution in [2.24, 2.45) is 0 Å². The molecule has 1 heteroatoms. The molecule has 0 aromatic carbocycles. The Morgan fingerprint density at radius 2 is 2.20 bits per heavy atom. The molecule has 10 heavy (non-hydrogen) atoms. The van der Waals surface area contributed by atoms with E-state index in [1.807, 2.05) is 12.2 Å². The molecule has 0 atom stereocenters. The molecule has 1 rings (SSSR count). The van der Waals surface area contributed by atoms with Gasteiger partial charge in [0.1, 0.15) is 0 Å². The maximum Gasteiger partial charge on any atom is 2.00 e. The van der Waals surface area contributed by atoms with E-state index in [1.165, 1.54) is 6.42 Å². The van der Waals surface area contributed by atoms with E-state index in [4.69, 9.17) is 0 Å². The minimum atomic E-state index is 0. The Labute approximate surface area is 74.9 Å². The van der Waals surface area contributed by atoms with Crippen molar-refractivity contribution in [3.8, 4) is 0 Å². The van der Waals surface area contributed by atoms with Crippen molar-refractivity contribution in [3.05, 3.63) is 31.2 Å². The first kappa shape index (κ1) is 12.7. The first-order chi connectivity index (χ1) is 4.41. The molecule has 0 heterocycles. The maximum absolute atomic E-state index is 3.60. The summed E-state index contributed by atoms with van der Waals surface area (Å²) in [5, 5.41) is 0. The number of hydrogen-bond acceptors (Lipinski definition) is 0. The first-order valence-corrected chi connectivity index (χ1v) is 3.42. The average molecular weight is 177 g/mol. The van der Waals surface area contributed by atoms with Crippen molar-refractivity contribution >= 4 is 0 Å². The van der Waals surface area contributed by atoms with Crippen LogP contribution in [-0.2, 0) is 17.1 Å². The first-order valence-electron chi connectivity index (χ1n) is 3.42. The fraction of sp³-hybridized carbons (Fsp3) is 0.444. The Balaban J connectivity index is 0. The summed E-state index contributed by atoms with van der Waals surface area (Å²) in [7, 11) is 0. The fourth-order valence-corrected chi connectivity index (χ4v) is 0.340. The molecule has 1 aliphatic rings. The Hall–Kier alpha value is -0.000519. The van der Waals surface area contributed by atoms with Gasteiger partial charge in [-0.25, -0.2) is 12.2 Å². The van der Waals surface area contributed by atoms with Crippen molar-refractivity contribution < 1.29 is 17.1 Å². The summed E-state index contributed by atoms with van der Waals surface area (Å²) in [4.78, 5) is 0. The van der Waals surface area contributed by atoms with Crippen molar-refractivity contribution in [2.45, 2.75) is 26.2 Å². The van der Waals surface area contributed by atoms with Gasteiger partial charge in [0.05, 0.1) is 0 Å². The van der Waals surface area contributed by atoms with Gasteiger partial charge in [-0.05, 0) is 0 Å². The molecule has 0 spiro atoms. The summed E-state index contributed by atoms with van der Waals surface area (Å²) < 4.78 is 0. The second-order valence-electron chi connectivity index (χ2n) is 1.86. The number of hydrogen-bond donors (Lipinski definition) is 0. The van der Waals surface area contributed by atoms with Gasteiger partial charge in [-0.3, -0.25) is 6.08 Å². The van der Waals surface area contributed by atoms with Crippen LogP contribution in [-0.4, -0.2) is 0 Å². The summed E-state index contributed by atoms with van der Waals surface area (Å²) in [6.45, 7) is 5.72. The molecule has 0 aromatic rings. The van der Waals surface area contributed by atoms with Crippen LogP contribution in [0.2, 0.25) is 0 Å². The zero-order valence-electron chi connectivity index (χ0n) is 6.44. The van der Waals surface area contributed by atoms with E-state index in [0.29, 0.717) is 0 Å². The van der Waals surface area contributed by atoms with Crippen LogP contribution in [0.3, 0.4) is 0 Å². The molecule has 0 bridgehead atoms. The largest absolute Gasteiger partial charge is 2.00 e. The van der Waals surface area contributed by atoms with Crippen LogP contribution in [0.25, 0.3) is 0 Å². The van der Waals surface area contributed by atoms with Crippen molar-refractivity contribution in [1.29, 1.82) is 0 Å². The molecule has 0 amide bonds. The van der Waals surface area contributed by atoms with E-state index >= 15 is 0 Å². The standard InChI is InChI=1S/C5H5.C4H9.Mn/c1-2-4-5-3-1;1-3-4-2;/h1-3H,4H2;1,3-4H2,2H3;/q2*-1;+2. The van der Waals surface area contributed by atoms with Gasteiger partial charge in [0.25, 0.3) is 0 Å². The van der Waals surface area contributed by atoms with Gasteiger partial charge in [-0.2, -0.15) is 12.5 Å². The van der Waals surface area contributed by atoms with E-state index in [1.54, 1.807) is 0 Å². The molecular weight excluding hydrogens is 163 g/mol. The molecular formula is C9H14Mn. The Bertz CT molecular complexity index is 80.9. The van der Waals surface area contributed by atoms with Crippen molar-refractivity contribution in [1.82, 2.24) is 0 Å². The zero-order chi connectivity index (χ0) is 6.95. The van der Waals surface area contributed by atoms with Crippen LogP contribution in [0.5, 0.6) is 0 Å². The molecule has 0 N–H and O–H groups in total. The molecule has 0 fully saturated rings. The molecule has 1 aliphatic carbocycles. The third kappa shape index (κ3) is 10.9. The SMILES string of the molecule is [C-]1=CC=CC1.[CH2-]CCC.[Mn+2]. The third-order valence-corrected chi connectivity index (χ3v) is 0.939. The van der Waals surface area contributed by atoms with E-state index in [-0.39, 0.29) is 17.1 Å². The number of unbranched alkanes of at least 4 members (excludes halogenated alkanes) is 1. The number of rotatable bonds is 1. The van der Waals surface area contributed by atoms with Crippen LogP contribution in [0.15, 0.2) is 18.2 Å². The van der Waals surface area contributed by atoms with Crippen LogP contribution in [0, 0.1) is 13.0 Å². The Kier molecular flexibility index (Phi) is 14.9. The zero-order valence-corrected chi connectivity index (χ0v) is 7.62. The molecule has 0 saturated heterocycles. The second kappa shape index (κ2) is 11.8. The van der Waals surface area contributed by atoms with Crippen LogP contribution >= 0.6 is 0 Å². The van der Waals surface area contributed by atoms with E-state index in [9.17, 15) is 0 Å². The summed E-state index contributed by atoms with van der Waals surface area (Å²) in [5.41, 5.74) is 0. The second-order valence-corrected chi connectivity index (χ2v) is 1.86. The summed E-state index contributed by atoms with van der Waals surface area (Å²) in [6.07, 6.45) is 12.3. The van der Waals surface area contributed by atoms with Crippen LogP contribution < -0.4 is 0 Å². The predicted octanol–water partition coefficient (Wildman–Crippen LogP) is 2.92. The van der Waals surface area contributed by atoms with Crippen LogP contribution in [0.1, 0.15) is 26.2 Å². The monoisotopic (exact) mass is 177 g/mol. The number of allylic oxidation sites excluding steroid dienone is 4. The smallest absolute Gasteiger partial charge is 0.343 e. The molecule has 0 aliphatic heterocycles. The average Bonchev–Trinajstić information content (AvgIpc) is 2.43. The van der Waals surface area contributed by atoms with Gasteiger partial charge >= 0.3 is 17.1 Å². The topological polar surface area (TPSA) is 0 Å². The third-order valence-electron chi connectivity index (χ3n) is 0.939. The van der Waals surface area contributed by atoms with E-state index in [0.717, 1.165) is 12.8 Å². The van der Waals surface area contributed by atoms with Gasteiger partial charge in [0, 0.05) is 0 Å². The van der Waals surface area contributed by atoms with E-state index in [2.05, 4.69) is 26.0 Å². The molecule has 57 valence electrons. The molecule has 0 unspecified atom stereocenters. The van der Waals surface area contributed by atoms with Gasteiger partial charge in [-0.1, -0.05) is 13.3 Å². The fourth-order valence-electron chi connectivity index (χ4n) is 0.340. The molecule has 1 radical (unpaired) electrons. The van der Waals surface area contributed by atoms with Gasteiger partial charge in [0.15, 0.2) is 0 Å². The normalized spacial score (nSPS) is 11.8. The molecule has 0 saturated carbocycles. The van der Waals surface area contributed by atoms with Gasteiger partial charge in [0.2, 0.25) is 0 Å². The van der Waals surface area contributed by atoms with Crippen LogP contribution in [0.4, 0.5) is 0 Å². The van der Waals surface area contributed by atoms with Crippen molar-refractivity contribution in [3.63, 3.8) is 0 Å². The minimum Gasteiger partial charge on any atom is -0.343 e. The summed E-state index contributed by atoms with van der Waals surface area (Å²) in [6, 6.07) is 0. The quantitative estimate of drug-likeness (QED) is 0.426. The minimum absolute atomic E-state index is 0. The predicted molar refractivity (Wildman–Crippen MR) is 41.8 cm³/mol. The summed E-state index contributed by atoms with van der Waals surface area (Å²) in [5.74, 6) is 0. The Morgan fingerprint density at radius 1 is 1.60 bits per heavy atom. The Morgan fingerprint density at radius 3 is 2.30 bits per heavy atom. The van der Waals surface area contributed by atoms with Gasteiger partial charge in [-0.15, -0.1) is 6.42 Å². The van der Waals surface area contributed by atoms with Crippen molar-refractivity contribution in [2.75, 3.05) is 0 Å². The summed E-state index contributed by atoms with van der Waals surface area (Å²) >= 11 is 0. The van der Waals surface area contributed by atoms with E-state index < -0.39 is 0 Å². The maximum atomic E-state index is 3.60. The molecule has 0 nitrogen and oxygen atoms in total. The van der Waals surface area contributed by atoms with Gasteiger partial charge < -0.3 is 6.92 Å². The molecule has 0 aromatic heterocycles.